The molecule has 1 aromatic heterocycles. The highest BCUT2D eigenvalue weighted by Crippen LogP contribution is 2.18. The number of aromatic nitrogens is 1. The second kappa shape index (κ2) is 7.19. The molecule has 0 aliphatic carbocycles. The molecule has 2 N–H and O–H groups in total. The molecule has 0 bridgehead atoms. The first-order chi connectivity index (χ1) is 10.5. The van der Waals surface area contributed by atoms with Gasteiger partial charge in [-0.1, -0.05) is 35.5 Å². The molecule has 8 heteroatoms. The lowest BCUT2D eigenvalue weighted by Gasteiger charge is -2.03. The number of sulfonamides is 1. The highest BCUT2D eigenvalue weighted by atomic mass is 32.2. The summed E-state index contributed by atoms with van der Waals surface area (Å²) in [6.07, 6.45) is 1.57. The normalized spacial score (nSPS) is 11.3. The molecule has 1 amide bonds. The first kappa shape index (κ1) is 16.2. The Balaban J connectivity index is 1.82. The number of carbonyl (C=O) groups is 1. The summed E-state index contributed by atoms with van der Waals surface area (Å²) in [5.74, 6) is -0.260. The van der Waals surface area contributed by atoms with E-state index in [4.69, 9.17) is 4.52 Å². The van der Waals surface area contributed by atoms with E-state index in [2.05, 4.69) is 15.2 Å². The van der Waals surface area contributed by atoms with E-state index >= 15 is 0 Å². The maximum Gasteiger partial charge on any atom is 0.289 e. The SMILES string of the molecule is CS(=O)(=O)NCCCNC(=O)c1cc(-c2ccccc2)no1. The second-order valence-electron chi connectivity index (χ2n) is 4.72. The quantitative estimate of drug-likeness (QED) is 0.741. The Morgan fingerprint density at radius 3 is 2.64 bits per heavy atom. The van der Waals surface area contributed by atoms with Gasteiger partial charge in [-0.2, -0.15) is 0 Å². The van der Waals surface area contributed by atoms with E-state index in [1.165, 1.54) is 0 Å². The third-order valence-corrected chi connectivity index (χ3v) is 3.54. The molecule has 22 heavy (non-hydrogen) atoms. The predicted octanol–water partition coefficient (Wildman–Crippen LogP) is 1.01. The van der Waals surface area contributed by atoms with Gasteiger partial charge in [0.05, 0.1) is 6.26 Å². The molecule has 1 aromatic carbocycles. The molecule has 0 aliphatic rings. The molecule has 0 radical (unpaired) electrons. The molecule has 0 fully saturated rings. The highest BCUT2D eigenvalue weighted by Gasteiger charge is 2.13. The van der Waals surface area contributed by atoms with Gasteiger partial charge >= 0.3 is 0 Å². The van der Waals surface area contributed by atoms with E-state index in [1.807, 2.05) is 30.3 Å². The van der Waals surface area contributed by atoms with Crippen LogP contribution in [-0.4, -0.2) is 38.8 Å². The fraction of sp³-hybridized carbons (Fsp3) is 0.286. The van der Waals surface area contributed by atoms with Crippen LogP contribution in [0, 0.1) is 0 Å². The zero-order valence-corrected chi connectivity index (χ0v) is 12.9. The number of nitrogens with one attached hydrogen (secondary N) is 2. The maximum absolute atomic E-state index is 11.9. The Morgan fingerprint density at radius 1 is 1.23 bits per heavy atom. The molecule has 0 saturated heterocycles. The van der Waals surface area contributed by atoms with Gasteiger partial charge in [-0.15, -0.1) is 0 Å². The molecule has 2 rings (SSSR count). The minimum atomic E-state index is -3.20. The summed E-state index contributed by atoms with van der Waals surface area (Å²) in [7, 11) is -3.20. The summed E-state index contributed by atoms with van der Waals surface area (Å²) in [5, 5.41) is 6.50. The first-order valence-electron chi connectivity index (χ1n) is 6.71. The zero-order chi connectivity index (χ0) is 16.0. The van der Waals surface area contributed by atoms with Crippen LogP contribution in [0.1, 0.15) is 17.0 Å². The van der Waals surface area contributed by atoms with Gasteiger partial charge in [0.2, 0.25) is 15.8 Å². The lowest BCUT2D eigenvalue weighted by molar-refractivity contribution is 0.0916. The lowest BCUT2D eigenvalue weighted by Crippen LogP contribution is -2.29. The number of hydrogen-bond donors (Lipinski definition) is 2. The van der Waals surface area contributed by atoms with Crippen molar-refractivity contribution in [2.24, 2.45) is 0 Å². The van der Waals surface area contributed by atoms with Gasteiger partial charge in [-0.25, -0.2) is 13.1 Å². The van der Waals surface area contributed by atoms with Gasteiger partial charge in [0.1, 0.15) is 5.69 Å². The third-order valence-electron chi connectivity index (χ3n) is 2.81. The van der Waals surface area contributed by atoms with Crippen molar-refractivity contribution in [2.75, 3.05) is 19.3 Å². The standard InChI is InChI=1S/C14H17N3O4S/c1-22(19,20)16-9-5-8-15-14(18)13-10-12(17-21-13)11-6-3-2-4-7-11/h2-4,6-7,10,16H,5,8-9H2,1H3,(H,15,18). The van der Waals surface area contributed by atoms with Gasteiger partial charge in [0, 0.05) is 24.7 Å². The molecule has 0 atom stereocenters. The smallest absolute Gasteiger partial charge is 0.289 e. The number of carbonyl (C=O) groups excluding carboxylic acids is 1. The Labute approximate surface area is 128 Å². The van der Waals surface area contributed by atoms with Crippen molar-refractivity contribution in [2.45, 2.75) is 6.42 Å². The van der Waals surface area contributed by atoms with Gasteiger partial charge in [-0.05, 0) is 6.42 Å². The molecule has 0 spiro atoms. The summed E-state index contributed by atoms with van der Waals surface area (Å²) in [5.41, 5.74) is 1.45. The van der Waals surface area contributed by atoms with E-state index in [0.29, 0.717) is 18.7 Å². The summed E-state index contributed by atoms with van der Waals surface area (Å²) >= 11 is 0. The molecular formula is C14H17N3O4S. The monoisotopic (exact) mass is 323 g/mol. The second-order valence-corrected chi connectivity index (χ2v) is 6.55. The molecule has 0 saturated carbocycles. The van der Waals surface area contributed by atoms with Crippen LogP contribution in [0.3, 0.4) is 0 Å². The van der Waals surface area contributed by atoms with Crippen molar-refractivity contribution in [3.63, 3.8) is 0 Å². The lowest BCUT2D eigenvalue weighted by atomic mass is 10.1. The molecule has 118 valence electrons. The minimum absolute atomic E-state index is 0.120. The van der Waals surface area contributed by atoms with Crippen molar-refractivity contribution in [3.8, 4) is 11.3 Å². The molecule has 2 aromatic rings. The van der Waals surface area contributed by atoms with E-state index in [0.717, 1.165) is 11.8 Å². The van der Waals surface area contributed by atoms with Crippen LogP contribution in [0.2, 0.25) is 0 Å². The minimum Gasteiger partial charge on any atom is -0.350 e. The number of hydrogen-bond acceptors (Lipinski definition) is 5. The van der Waals surface area contributed by atoms with Gasteiger partial charge < -0.3 is 9.84 Å². The summed E-state index contributed by atoms with van der Waals surface area (Å²) in [6.45, 7) is 0.605. The maximum atomic E-state index is 11.9. The topological polar surface area (TPSA) is 101 Å². The number of amides is 1. The number of benzene rings is 1. The fourth-order valence-corrected chi connectivity index (χ4v) is 2.28. The van der Waals surface area contributed by atoms with Crippen molar-refractivity contribution in [1.82, 2.24) is 15.2 Å². The van der Waals surface area contributed by atoms with Crippen LogP contribution in [0.25, 0.3) is 11.3 Å². The van der Waals surface area contributed by atoms with Crippen LogP contribution < -0.4 is 10.0 Å². The van der Waals surface area contributed by atoms with Crippen LogP contribution in [0.15, 0.2) is 40.9 Å². The molecular weight excluding hydrogens is 306 g/mol. The number of rotatable bonds is 7. The van der Waals surface area contributed by atoms with Crippen molar-refractivity contribution >= 4 is 15.9 Å². The molecule has 0 aliphatic heterocycles. The predicted molar refractivity (Wildman–Crippen MR) is 81.7 cm³/mol. The van der Waals surface area contributed by atoms with Crippen molar-refractivity contribution in [1.29, 1.82) is 0 Å². The van der Waals surface area contributed by atoms with Crippen molar-refractivity contribution in [3.05, 3.63) is 42.2 Å². The van der Waals surface area contributed by atoms with Crippen LogP contribution in [0.5, 0.6) is 0 Å². The average molecular weight is 323 g/mol. The Kier molecular flexibility index (Phi) is 5.29. The summed E-state index contributed by atoms with van der Waals surface area (Å²) in [6, 6.07) is 10.9. The average Bonchev–Trinajstić information content (AvgIpc) is 2.96. The highest BCUT2D eigenvalue weighted by molar-refractivity contribution is 7.88. The van der Waals surface area contributed by atoms with Crippen LogP contribution in [-0.2, 0) is 10.0 Å². The van der Waals surface area contributed by atoms with E-state index < -0.39 is 10.0 Å². The largest absolute Gasteiger partial charge is 0.350 e. The van der Waals surface area contributed by atoms with E-state index in [-0.39, 0.29) is 18.2 Å². The van der Waals surface area contributed by atoms with E-state index in [9.17, 15) is 13.2 Å². The Hall–Kier alpha value is -2.19. The summed E-state index contributed by atoms with van der Waals surface area (Å²) in [4.78, 5) is 11.9. The van der Waals surface area contributed by atoms with Crippen LogP contribution in [0.4, 0.5) is 0 Å². The molecule has 1 heterocycles. The molecule has 0 unspecified atom stereocenters. The van der Waals surface area contributed by atoms with Gasteiger partial charge in [0.15, 0.2) is 0 Å². The summed E-state index contributed by atoms with van der Waals surface area (Å²) < 4.78 is 29.1. The van der Waals surface area contributed by atoms with Gasteiger partial charge in [0.25, 0.3) is 5.91 Å². The number of nitrogens with zero attached hydrogens (tertiary/aromatic N) is 1. The third kappa shape index (κ3) is 4.97. The van der Waals surface area contributed by atoms with Crippen molar-refractivity contribution < 1.29 is 17.7 Å². The van der Waals surface area contributed by atoms with E-state index in [1.54, 1.807) is 6.07 Å². The van der Waals surface area contributed by atoms with Crippen LogP contribution >= 0.6 is 0 Å². The Bertz CT molecular complexity index is 726. The van der Waals surface area contributed by atoms with Gasteiger partial charge in [-0.3, -0.25) is 4.79 Å². The Morgan fingerprint density at radius 2 is 1.95 bits per heavy atom. The zero-order valence-electron chi connectivity index (χ0n) is 12.1. The molecule has 7 nitrogen and oxygen atoms in total. The first-order valence-corrected chi connectivity index (χ1v) is 8.60. The fourth-order valence-electron chi connectivity index (χ4n) is 1.76.